The lowest BCUT2D eigenvalue weighted by molar-refractivity contribution is -0.130. The van der Waals surface area contributed by atoms with E-state index in [0.717, 1.165) is 58.6 Å². The van der Waals surface area contributed by atoms with Crippen LogP contribution in [0.4, 0.5) is 0 Å². The second-order valence-electron chi connectivity index (χ2n) is 11.8. The summed E-state index contributed by atoms with van der Waals surface area (Å²) in [5.74, 6) is 7.06. The molecule has 0 saturated carbocycles. The van der Waals surface area contributed by atoms with E-state index in [0.29, 0.717) is 32.5 Å². The van der Waals surface area contributed by atoms with Gasteiger partial charge in [-0.15, -0.1) is 0 Å². The zero-order chi connectivity index (χ0) is 33.7. The van der Waals surface area contributed by atoms with Gasteiger partial charge in [0.15, 0.2) is 0 Å². The van der Waals surface area contributed by atoms with Crippen LogP contribution < -0.4 is 21.7 Å². The molecule has 0 radical (unpaired) electrons. The van der Waals surface area contributed by atoms with Crippen molar-refractivity contribution in [3.63, 3.8) is 0 Å². The fourth-order valence-corrected chi connectivity index (χ4v) is 5.81. The van der Waals surface area contributed by atoms with Gasteiger partial charge in [-0.1, -0.05) is 66.4 Å². The zero-order valence-electron chi connectivity index (χ0n) is 27.3. The van der Waals surface area contributed by atoms with E-state index in [2.05, 4.69) is 37.8 Å². The molecule has 248 valence electrons. The first kappa shape index (κ1) is 34.1. The van der Waals surface area contributed by atoms with Crippen molar-refractivity contribution in [3.8, 4) is 23.1 Å². The number of H-pyrrole nitrogens is 1. The van der Waals surface area contributed by atoms with E-state index < -0.39 is 6.04 Å². The molecule has 48 heavy (non-hydrogen) atoms. The highest BCUT2D eigenvalue weighted by molar-refractivity contribution is 5.83. The summed E-state index contributed by atoms with van der Waals surface area (Å²) in [4.78, 5) is 46.8. The lowest BCUT2D eigenvalue weighted by Crippen LogP contribution is -2.36. The molecule has 5 rings (SSSR count). The molecule has 3 amide bonds. The topological polar surface area (TPSA) is 145 Å². The summed E-state index contributed by atoms with van der Waals surface area (Å²) in [6, 6.07) is 24.9. The monoisotopic (exact) mass is 645 g/mol. The molecular formula is C38H43N7O3. The number of benzene rings is 3. The first-order valence-corrected chi connectivity index (χ1v) is 16.5. The maximum atomic E-state index is 12.5. The standard InChI is InChI=1S/C38H43N7O3/c1-40-36(31-8-3-2-4-9-31)38(48)41-22-6-5-11-34(46)42-25-29-16-14-27(15-17-29)12-13-28-18-20-30(21-19-28)32-26-43-37(44-32)33-10-7-23-45(33)35(47)24-39/h2-4,8-9,14-21,26,33,36,40H,5-7,10-11,22-25,39H2,1H3,(H,41,48)(H,42,46)(H,43,44). The second kappa shape index (κ2) is 17.1. The van der Waals surface area contributed by atoms with Crippen LogP contribution >= 0.6 is 0 Å². The number of unbranched alkanes of at least 4 members (excludes halogenated alkanes) is 1. The van der Waals surface area contributed by atoms with Gasteiger partial charge in [0, 0.05) is 37.2 Å². The number of carbonyl (C=O) groups is 3. The van der Waals surface area contributed by atoms with Crippen LogP contribution in [0.25, 0.3) is 11.3 Å². The number of hydrogen-bond acceptors (Lipinski definition) is 6. The molecule has 2 unspecified atom stereocenters. The van der Waals surface area contributed by atoms with Crippen LogP contribution in [0.5, 0.6) is 0 Å². The molecule has 10 nitrogen and oxygen atoms in total. The molecule has 2 heterocycles. The number of aromatic nitrogens is 2. The summed E-state index contributed by atoms with van der Waals surface area (Å²) in [5.41, 5.74) is 11.2. The van der Waals surface area contributed by atoms with Gasteiger partial charge in [-0.25, -0.2) is 4.98 Å². The maximum Gasteiger partial charge on any atom is 0.241 e. The molecule has 1 fully saturated rings. The van der Waals surface area contributed by atoms with Crippen LogP contribution in [0.2, 0.25) is 0 Å². The number of nitrogens with one attached hydrogen (secondary N) is 4. The molecule has 1 aromatic heterocycles. The third kappa shape index (κ3) is 9.18. The molecule has 0 bridgehead atoms. The Bertz CT molecular complexity index is 1720. The Morgan fingerprint density at radius 2 is 1.67 bits per heavy atom. The van der Waals surface area contributed by atoms with E-state index in [1.165, 1.54) is 0 Å². The van der Waals surface area contributed by atoms with Crippen molar-refractivity contribution in [1.82, 2.24) is 30.8 Å². The summed E-state index contributed by atoms with van der Waals surface area (Å²) in [7, 11) is 1.77. The Morgan fingerprint density at radius 3 is 2.35 bits per heavy atom. The first-order valence-electron chi connectivity index (χ1n) is 16.5. The summed E-state index contributed by atoms with van der Waals surface area (Å²) in [6.45, 7) is 1.69. The number of carbonyl (C=O) groups excluding carboxylic acids is 3. The van der Waals surface area contributed by atoms with E-state index in [1.54, 1.807) is 13.2 Å². The van der Waals surface area contributed by atoms with Crippen molar-refractivity contribution >= 4 is 17.7 Å². The molecule has 1 aliphatic heterocycles. The van der Waals surface area contributed by atoms with Gasteiger partial charge in [-0.2, -0.15) is 0 Å². The maximum absolute atomic E-state index is 12.5. The van der Waals surface area contributed by atoms with E-state index in [-0.39, 0.29) is 30.3 Å². The number of amides is 3. The van der Waals surface area contributed by atoms with Gasteiger partial charge in [-0.05, 0) is 73.7 Å². The number of nitrogens with two attached hydrogens (primary N) is 1. The summed E-state index contributed by atoms with van der Waals surface area (Å²) < 4.78 is 0. The van der Waals surface area contributed by atoms with E-state index >= 15 is 0 Å². The number of likely N-dealkylation sites (N-methyl/N-ethyl adjacent to an activating group) is 1. The SMILES string of the molecule is CNC(C(=O)NCCCCC(=O)NCc1ccc(C#Cc2ccc(-c3cnc(C4CCCN4C(=O)CN)[nH]3)cc2)cc1)c1ccccc1. The molecular weight excluding hydrogens is 602 g/mol. The minimum absolute atomic E-state index is 0.00868. The van der Waals surface area contributed by atoms with Crippen molar-refractivity contribution in [2.45, 2.75) is 50.7 Å². The third-order valence-electron chi connectivity index (χ3n) is 8.46. The highest BCUT2D eigenvalue weighted by Gasteiger charge is 2.31. The quantitative estimate of drug-likeness (QED) is 0.110. The van der Waals surface area contributed by atoms with Gasteiger partial charge < -0.3 is 31.6 Å². The van der Waals surface area contributed by atoms with Gasteiger partial charge in [0.05, 0.1) is 24.5 Å². The second-order valence-corrected chi connectivity index (χ2v) is 11.8. The van der Waals surface area contributed by atoms with Gasteiger partial charge in [0.1, 0.15) is 11.9 Å². The summed E-state index contributed by atoms with van der Waals surface area (Å²) in [6.07, 6.45) is 5.44. The van der Waals surface area contributed by atoms with E-state index in [1.807, 2.05) is 83.8 Å². The third-order valence-corrected chi connectivity index (χ3v) is 8.46. The van der Waals surface area contributed by atoms with E-state index in [9.17, 15) is 14.4 Å². The molecule has 2 atom stereocenters. The first-order chi connectivity index (χ1) is 23.4. The van der Waals surface area contributed by atoms with Crippen molar-refractivity contribution in [2.75, 3.05) is 26.7 Å². The minimum Gasteiger partial charge on any atom is -0.354 e. The number of imidazole rings is 1. The van der Waals surface area contributed by atoms with Crippen molar-refractivity contribution in [3.05, 3.63) is 113 Å². The lowest BCUT2D eigenvalue weighted by Gasteiger charge is -2.22. The highest BCUT2D eigenvalue weighted by Crippen LogP contribution is 2.31. The average molecular weight is 646 g/mol. The average Bonchev–Trinajstić information content (AvgIpc) is 3.82. The number of nitrogens with zero attached hydrogens (tertiary/aromatic N) is 2. The van der Waals surface area contributed by atoms with Crippen molar-refractivity contribution < 1.29 is 14.4 Å². The molecule has 1 saturated heterocycles. The van der Waals surface area contributed by atoms with Crippen LogP contribution in [0.15, 0.2) is 85.1 Å². The number of likely N-dealkylation sites (tertiary alicyclic amines) is 1. The van der Waals surface area contributed by atoms with Crippen molar-refractivity contribution in [2.24, 2.45) is 5.73 Å². The Balaban J connectivity index is 1.02. The lowest BCUT2D eigenvalue weighted by atomic mass is 10.1. The minimum atomic E-state index is -0.396. The Hall–Kier alpha value is -5.24. The summed E-state index contributed by atoms with van der Waals surface area (Å²) in [5, 5.41) is 8.97. The summed E-state index contributed by atoms with van der Waals surface area (Å²) >= 11 is 0. The molecule has 6 N–H and O–H groups in total. The number of hydrogen-bond donors (Lipinski definition) is 5. The molecule has 3 aromatic carbocycles. The molecule has 1 aliphatic rings. The van der Waals surface area contributed by atoms with Gasteiger partial charge >= 0.3 is 0 Å². The number of rotatable bonds is 13. The van der Waals surface area contributed by atoms with Crippen LogP contribution in [0.1, 0.15) is 72.3 Å². The molecule has 0 aliphatic carbocycles. The molecule has 4 aromatic rings. The van der Waals surface area contributed by atoms with Gasteiger partial charge in [0.25, 0.3) is 0 Å². The fourth-order valence-electron chi connectivity index (χ4n) is 5.81. The smallest absolute Gasteiger partial charge is 0.241 e. The predicted octanol–water partition coefficient (Wildman–Crippen LogP) is 3.96. The van der Waals surface area contributed by atoms with Crippen LogP contribution in [0, 0.1) is 11.8 Å². The number of aromatic amines is 1. The fraction of sp³-hybridized carbons (Fsp3) is 0.316. The Labute approximate surface area is 281 Å². The van der Waals surface area contributed by atoms with Crippen molar-refractivity contribution in [1.29, 1.82) is 0 Å². The zero-order valence-corrected chi connectivity index (χ0v) is 27.3. The van der Waals surface area contributed by atoms with Crippen LogP contribution in [-0.2, 0) is 20.9 Å². The highest BCUT2D eigenvalue weighted by atomic mass is 16.2. The predicted molar refractivity (Wildman–Crippen MR) is 186 cm³/mol. The Kier molecular flexibility index (Phi) is 12.1. The van der Waals surface area contributed by atoms with E-state index in [4.69, 9.17) is 5.73 Å². The molecule has 10 heteroatoms. The van der Waals surface area contributed by atoms with Crippen LogP contribution in [-0.4, -0.2) is 59.3 Å². The Morgan fingerprint density at radius 1 is 0.958 bits per heavy atom. The largest absolute Gasteiger partial charge is 0.354 e. The van der Waals surface area contributed by atoms with Gasteiger partial charge in [-0.3, -0.25) is 14.4 Å². The normalized spacial score (nSPS) is 14.5. The van der Waals surface area contributed by atoms with Gasteiger partial charge in [0.2, 0.25) is 17.7 Å². The van der Waals surface area contributed by atoms with Crippen LogP contribution in [0.3, 0.4) is 0 Å². The molecule has 0 spiro atoms.